The summed E-state index contributed by atoms with van der Waals surface area (Å²) in [5.41, 5.74) is 2.34. The summed E-state index contributed by atoms with van der Waals surface area (Å²) in [4.78, 5) is 16.6. The van der Waals surface area contributed by atoms with Crippen molar-refractivity contribution in [1.29, 1.82) is 5.26 Å². The van der Waals surface area contributed by atoms with Crippen molar-refractivity contribution in [2.75, 3.05) is 13.7 Å². The highest BCUT2D eigenvalue weighted by Gasteiger charge is 2.20. The fourth-order valence-corrected chi connectivity index (χ4v) is 3.73. The lowest BCUT2D eigenvalue weighted by Gasteiger charge is -2.12. The van der Waals surface area contributed by atoms with Gasteiger partial charge in [0.1, 0.15) is 11.6 Å². The van der Waals surface area contributed by atoms with Crippen LogP contribution in [0.25, 0.3) is 10.9 Å². The van der Waals surface area contributed by atoms with Crippen molar-refractivity contribution in [1.82, 2.24) is 9.55 Å². The number of amides is 1. The molecule has 2 heterocycles. The van der Waals surface area contributed by atoms with Gasteiger partial charge in [0.05, 0.1) is 17.8 Å². The van der Waals surface area contributed by atoms with Gasteiger partial charge in [0.15, 0.2) is 12.3 Å². The Hall–Kier alpha value is -3.29. The maximum atomic E-state index is 12.3. The average molecular weight is 500 g/mol. The SMILES string of the molecule is COCc1c(Br)c(C)nc(OCC(=O)N=Nc2c(O)n(C(C)C)c3ccccc23)c1C#N. The number of nitrogens with zero attached hydrogens (tertiary/aromatic N) is 5. The molecule has 0 saturated carbocycles. The minimum Gasteiger partial charge on any atom is -0.493 e. The lowest BCUT2D eigenvalue weighted by atomic mass is 10.1. The summed E-state index contributed by atoms with van der Waals surface area (Å²) in [5.74, 6) is -0.742. The van der Waals surface area contributed by atoms with Crippen LogP contribution < -0.4 is 4.74 Å². The standard InChI is InChI=1S/C22H22BrN5O4/c1-12(2)28-17-8-6-5-7-14(17)20(22(28)30)27-26-18(29)11-32-21-15(9-24)16(10-31-4)19(23)13(3)25-21/h5-8,12,30H,10-11H2,1-4H3. The van der Waals surface area contributed by atoms with Crippen molar-refractivity contribution >= 4 is 38.4 Å². The minimum absolute atomic E-state index is 0.0136. The number of azo groups is 1. The molecule has 0 saturated heterocycles. The molecule has 3 rings (SSSR count). The lowest BCUT2D eigenvalue weighted by molar-refractivity contribution is -0.120. The van der Waals surface area contributed by atoms with Gasteiger partial charge in [0.2, 0.25) is 11.8 Å². The van der Waals surface area contributed by atoms with Crippen LogP contribution >= 0.6 is 15.9 Å². The Kier molecular flexibility index (Phi) is 7.22. The van der Waals surface area contributed by atoms with Gasteiger partial charge in [-0.2, -0.15) is 5.26 Å². The van der Waals surface area contributed by atoms with Crippen LogP contribution in [0.2, 0.25) is 0 Å². The number of rotatable bonds is 7. The first-order valence-electron chi connectivity index (χ1n) is 9.77. The summed E-state index contributed by atoms with van der Waals surface area (Å²) >= 11 is 3.40. The van der Waals surface area contributed by atoms with Gasteiger partial charge in [-0.15, -0.1) is 10.2 Å². The number of aromatic nitrogens is 2. The molecule has 0 aliphatic heterocycles. The number of nitriles is 1. The van der Waals surface area contributed by atoms with Gasteiger partial charge in [0, 0.05) is 28.6 Å². The van der Waals surface area contributed by atoms with Gasteiger partial charge in [-0.25, -0.2) is 4.98 Å². The van der Waals surface area contributed by atoms with Crippen LogP contribution in [0.5, 0.6) is 11.8 Å². The maximum Gasteiger partial charge on any atom is 0.302 e. The van der Waals surface area contributed by atoms with Gasteiger partial charge in [-0.1, -0.05) is 18.2 Å². The van der Waals surface area contributed by atoms with E-state index in [1.54, 1.807) is 17.6 Å². The Balaban J connectivity index is 1.84. The first-order chi connectivity index (χ1) is 15.3. The molecule has 1 amide bonds. The van der Waals surface area contributed by atoms with Gasteiger partial charge in [-0.3, -0.25) is 4.79 Å². The Morgan fingerprint density at radius 3 is 2.75 bits per heavy atom. The highest BCUT2D eigenvalue weighted by atomic mass is 79.9. The van der Waals surface area contributed by atoms with Crippen molar-refractivity contribution in [3.63, 3.8) is 0 Å². The number of para-hydroxylation sites is 1. The molecule has 3 aromatic rings. The van der Waals surface area contributed by atoms with Crippen LogP contribution in [0.1, 0.15) is 36.7 Å². The molecule has 1 aromatic carbocycles. The molecule has 0 atom stereocenters. The van der Waals surface area contributed by atoms with Crippen molar-refractivity contribution in [3.05, 3.63) is 45.6 Å². The van der Waals surface area contributed by atoms with Crippen LogP contribution in [0, 0.1) is 18.3 Å². The Morgan fingerprint density at radius 2 is 2.09 bits per heavy atom. The summed E-state index contributed by atoms with van der Waals surface area (Å²) < 4.78 is 13.0. The van der Waals surface area contributed by atoms with Crippen LogP contribution in [0.15, 0.2) is 39.0 Å². The van der Waals surface area contributed by atoms with Crippen molar-refractivity contribution in [2.24, 2.45) is 10.2 Å². The lowest BCUT2D eigenvalue weighted by Crippen LogP contribution is -2.12. The summed E-state index contributed by atoms with van der Waals surface area (Å²) in [6.45, 7) is 5.32. The van der Waals surface area contributed by atoms with E-state index < -0.39 is 12.5 Å². The largest absolute Gasteiger partial charge is 0.493 e. The first kappa shape index (κ1) is 23.4. The molecule has 2 aromatic heterocycles. The average Bonchev–Trinajstić information content (AvgIpc) is 3.05. The van der Waals surface area contributed by atoms with Gasteiger partial charge in [-0.05, 0) is 42.8 Å². The number of methoxy groups -OCH3 is 1. The third kappa shape index (κ3) is 4.49. The highest BCUT2D eigenvalue weighted by Crippen LogP contribution is 2.40. The third-order valence-corrected chi connectivity index (χ3v) is 5.79. The number of fused-ring (bicyclic) bond motifs is 1. The summed E-state index contributed by atoms with van der Waals surface area (Å²) in [6, 6.07) is 9.37. The zero-order valence-electron chi connectivity index (χ0n) is 18.1. The molecule has 32 heavy (non-hydrogen) atoms. The smallest absolute Gasteiger partial charge is 0.302 e. The highest BCUT2D eigenvalue weighted by molar-refractivity contribution is 9.10. The van der Waals surface area contributed by atoms with Crippen molar-refractivity contribution < 1.29 is 19.4 Å². The number of pyridine rings is 1. The molecule has 0 radical (unpaired) electrons. The van der Waals surface area contributed by atoms with Crippen LogP contribution in [0.3, 0.4) is 0 Å². The van der Waals surface area contributed by atoms with E-state index in [1.807, 2.05) is 38.1 Å². The molecular weight excluding hydrogens is 478 g/mol. The van der Waals surface area contributed by atoms with E-state index in [0.29, 0.717) is 21.1 Å². The summed E-state index contributed by atoms with van der Waals surface area (Å²) in [7, 11) is 1.51. The number of carbonyl (C=O) groups excluding carboxylic acids is 1. The number of benzene rings is 1. The topological polar surface area (TPSA) is 122 Å². The van der Waals surface area contributed by atoms with Crippen LogP contribution in [-0.4, -0.2) is 34.3 Å². The quantitative estimate of drug-likeness (QED) is 0.451. The van der Waals surface area contributed by atoms with E-state index in [0.717, 1.165) is 5.52 Å². The molecule has 0 aliphatic rings. The fourth-order valence-electron chi connectivity index (χ4n) is 3.33. The van der Waals surface area contributed by atoms with Crippen LogP contribution in [0.4, 0.5) is 5.69 Å². The molecule has 0 bridgehead atoms. The summed E-state index contributed by atoms with van der Waals surface area (Å²) in [5, 5.41) is 28.5. The van der Waals surface area contributed by atoms with E-state index in [9.17, 15) is 15.2 Å². The number of carbonyl (C=O) groups is 1. The molecule has 0 spiro atoms. The number of ether oxygens (including phenoxy) is 2. The van der Waals surface area contributed by atoms with Crippen molar-refractivity contribution in [3.8, 4) is 17.8 Å². The summed E-state index contributed by atoms with van der Waals surface area (Å²) in [6.07, 6.45) is 0. The van der Waals surface area contributed by atoms with E-state index in [1.165, 1.54) is 7.11 Å². The molecule has 0 aliphatic carbocycles. The predicted octanol–water partition coefficient (Wildman–Crippen LogP) is 5.10. The van der Waals surface area contributed by atoms with Crippen LogP contribution in [-0.2, 0) is 16.1 Å². The minimum atomic E-state index is -0.690. The van der Waals surface area contributed by atoms with Crippen molar-refractivity contribution in [2.45, 2.75) is 33.4 Å². The number of hydrogen-bond acceptors (Lipinski definition) is 7. The number of halogens is 1. The second-order valence-corrected chi connectivity index (χ2v) is 8.04. The molecule has 0 unspecified atom stereocenters. The molecule has 10 heteroatoms. The first-order valence-corrected chi connectivity index (χ1v) is 10.6. The van der Waals surface area contributed by atoms with E-state index in [2.05, 4.69) is 31.1 Å². The normalized spacial score (nSPS) is 11.4. The van der Waals surface area contributed by atoms with Gasteiger partial charge in [0.25, 0.3) is 0 Å². The van der Waals surface area contributed by atoms with E-state index in [-0.39, 0.29) is 35.7 Å². The molecule has 1 N–H and O–H groups in total. The molecule has 9 nitrogen and oxygen atoms in total. The Labute approximate surface area is 193 Å². The molecular formula is C22H22BrN5O4. The molecule has 166 valence electrons. The third-order valence-electron chi connectivity index (χ3n) is 4.74. The number of aryl methyl sites for hydroxylation is 1. The monoisotopic (exact) mass is 499 g/mol. The zero-order valence-corrected chi connectivity index (χ0v) is 19.7. The Bertz CT molecular complexity index is 1240. The van der Waals surface area contributed by atoms with Gasteiger partial charge >= 0.3 is 5.91 Å². The van der Waals surface area contributed by atoms with E-state index in [4.69, 9.17) is 9.47 Å². The van der Waals surface area contributed by atoms with E-state index >= 15 is 0 Å². The Morgan fingerprint density at radius 1 is 1.38 bits per heavy atom. The number of hydrogen-bond donors (Lipinski definition) is 1. The number of aromatic hydroxyl groups is 1. The zero-order chi connectivity index (χ0) is 23.4. The second kappa shape index (κ2) is 9.89. The fraction of sp³-hybridized carbons (Fsp3) is 0.318. The van der Waals surface area contributed by atoms with Gasteiger partial charge < -0.3 is 19.1 Å². The predicted molar refractivity (Wildman–Crippen MR) is 121 cm³/mol. The molecule has 0 fully saturated rings. The maximum absolute atomic E-state index is 12.3. The second-order valence-electron chi connectivity index (χ2n) is 7.25.